The molecular formula is C23H26N4O4. The first-order valence-corrected chi connectivity index (χ1v) is 10.3. The molecule has 0 radical (unpaired) electrons. The molecule has 0 aliphatic rings. The van der Waals surface area contributed by atoms with Crippen LogP contribution in [0.1, 0.15) is 19.4 Å². The van der Waals surface area contributed by atoms with Crippen LogP contribution in [-0.4, -0.2) is 38.9 Å². The third-order valence-corrected chi connectivity index (χ3v) is 5.14. The molecule has 8 nitrogen and oxygen atoms in total. The van der Waals surface area contributed by atoms with E-state index in [0.717, 1.165) is 10.1 Å². The SMILES string of the molecule is CCN(Cc1ccccc1)C(=O)CNC(=O)Cn1c(=O)n(CC)c(=O)c2ccccc21. The summed E-state index contributed by atoms with van der Waals surface area (Å²) >= 11 is 0. The van der Waals surface area contributed by atoms with Crippen molar-refractivity contribution in [3.8, 4) is 0 Å². The quantitative estimate of drug-likeness (QED) is 0.593. The van der Waals surface area contributed by atoms with Crippen molar-refractivity contribution in [2.75, 3.05) is 13.1 Å². The molecule has 162 valence electrons. The molecule has 1 aromatic heterocycles. The summed E-state index contributed by atoms with van der Waals surface area (Å²) in [5, 5.41) is 2.97. The van der Waals surface area contributed by atoms with Crippen molar-refractivity contribution in [3.05, 3.63) is 81.0 Å². The summed E-state index contributed by atoms with van der Waals surface area (Å²) in [7, 11) is 0. The lowest BCUT2D eigenvalue weighted by molar-refractivity contribution is -0.133. The van der Waals surface area contributed by atoms with Gasteiger partial charge in [-0.2, -0.15) is 0 Å². The number of rotatable bonds is 8. The molecule has 3 rings (SSSR count). The van der Waals surface area contributed by atoms with E-state index in [4.69, 9.17) is 0 Å². The summed E-state index contributed by atoms with van der Waals surface area (Å²) in [6, 6.07) is 16.3. The number of likely N-dealkylation sites (N-methyl/N-ethyl adjacent to an activating group) is 1. The third kappa shape index (κ3) is 4.91. The van der Waals surface area contributed by atoms with Crippen molar-refractivity contribution in [1.29, 1.82) is 0 Å². The van der Waals surface area contributed by atoms with Crippen LogP contribution in [0.3, 0.4) is 0 Å². The van der Waals surface area contributed by atoms with Gasteiger partial charge in [-0.05, 0) is 31.5 Å². The highest BCUT2D eigenvalue weighted by molar-refractivity contribution is 5.86. The summed E-state index contributed by atoms with van der Waals surface area (Å²) in [5.41, 5.74) is 0.466. The summed E-state index contributed by atoms with van der Waals surface area (Å²) in [6.07, 6.45) is 0. The molecule has 0 bridgehead atoms. The number of nitrogens with one attached hydrogen (secondary N) is 1. The number of hydrogen-bond donors (Lipinski definition) is 1. The first-order valence-electron chi connectivity index (χ1n) is 10.3. The highest BCUT2D eigenvalue weighted by atomic mass is 16.2. The normalized spacial score (nSPS) is 10.8. The highest BCUT2D eigenvalue weighted by Crippen LogP contribution is 2.07. The van der Waals surface area contributed by atoms with Crippen molar-refractivity contribution in [1.82, 2.24) is 19.4 Å². The predicted octanol–water partition coefficient (Wildman–Crippen LogP) is 1.35. The fourth-order valence-corrected chi connectivity index (χ4v) is 3.47. The molecule has 0 aliphatic heterocycles. The molecule has 0 atom stereocenters. The molecule has 1 N–H and O–H groups in total. The summed E-state index contributed by atoms with van der Waals surface area (Å²) < 4.78 is 2.36. The summed E-state index contributed by atoms with van der Waals surface area (Å²) in [4.78, 5) is 52.0. The molecule has 0 unspecified atom stereocenters. The first-order chi connectivity index (χ1) is 15.0. The van der Waals surface area contributed by atoms with Gasteiger partial charge in [0.2, 0.25) is 11.8 Å². The molecule has 0 saturated carbocycles. The van der Waals surface area contributed by atoms with E-state index in [-0.39, 0.29) is 31.1 Å². The minimum atomic E-state index is -0.549. The zero-order valence-electron chi connectivity index (χ0n) is 17.7. The van der Waals surface area contributed by atoms with E-state index in [9.17, 15) is 19.2 Å². The molecule has 0 aliphatic carbocycles. The van der Waals surface area contributed by atoms with E-state index in [1.54, 1.807) is 36.1 Å². The smallest absolute Gasteiger partial charge is 0.331 e. The minimum Gasteiger partial charge on any atom is -0.345 e. The Balaban J connectivity index is 1.72. The average molecular weight is 422 g/mol. The van der Waals surface area contributed by atoms with E-state index in [1.807, 2.05) is 37.3 Å². The average Bonchev–Trinajstić information content (AvgIpc) is 2.79. The predicted molar refractivity (Wildman–Crippen MR) is 119 cm³/mol. The molecule has 2 aromatic carbocycles. The molecule has 0 fully saturated rings. The number of amides is 2. The Morgan fingerprint density at radius 2 is 1.61 bits per heavy atom. The molecule has 1 heterocycles. The van der Waals surface area contributed by atoms with Gasteiger partial charge in [0.1, 0.15) is 6.54 Å². The zero-order valence-corrected chi connectivity index (χ0v) is 17.7. The van der Waals surface area contributed by atoms with Crippen molar-refractivity contribution in [2.45, 2.75) is 33.5 Å². The van der Waals surface area contributed by atoms with Crippen LogP contribution in [0.4, 0.5) is 0 Å². The van der Waals surface area contributed by atoms with Crippen LogP contribution < -0.4 is 16.6 Å². The van der Waals surface area contributed by atoms with Gasteiger partial charge >= 0.3 is 5.69 Å². The van der Waals surface area contributed by atoms with E-state index in [0.29, 0.717) is 24.0 Å². The molecule has 0 saturated heterocycles. The molecular weight excluding hydrogens is 396 g/mol. The minimum absolute atomic E-state index is 0.167. The maximum Gasteiger partial charge on any atom is 0.331 e. The highest BCUT2D eigenvalue weighted by Gasteiger charge is 2.16. The Morgan fingerprint density at radius 3 is 2.29 bits per heavy atom. The van der Waals surface area contributed by atoms with Crippen LogP contribution >= 0.6 is 0 Å². The zero-order chi connectivity index (χ0) is 22.4. The second kappa shape index (κ2) is 9.88. The van der Waals surface area contributed by atoms with Gasteiger partial charge in [-0.3, -0.25) is 23.5 Å². The van der Waals surface area contributed by atoms with Gasteiger partial charge in [0, 0.05) is 19.6 Å². The lowest BCUT2D eigenvalue weighted by Crippen LogP contribution is -2.44. The van der Waals surface area contributed by atoms with Gasteiger partial charge < -0.3 is 10.2 Å². The fraction of sp³-hybridized carbons (Fsp3) is 0.304. The van der Waals surface area contributed by atoms with Crippen molar-refractivity contribution in [3.63, 3.8) is 0 Å². The van der Waals surface area contributed by atoms with Crippen LogP contribution in [0.2, 0.25) is 0 Å². The van der Waals surface area contributed by atoms with Gasteiger partial charge in [0.25, 0.3) is 5.56 Å². The van der Waals surface area contributed by atoms with E-state index < -0.39 is 11.6 Å². The van der Waals surface area contributed by atoms with E-state index in [1.165, 1.54) is 4.57 Å². The largest absolute Gasteiger partial charge is 0.345 e. The second-order valence-corrected chi connectivity index (χ2v) is 7.11. The second-order valence-electron chi connectivity index (χ2n) is 7.11. The first kappa shape index (κ1) is 22.0. The van der Waals surface area contributed by atoms with Gasteiger partial charge in [-0.1, -0.05) is 42.5 Å². The molecule has 0 spiro atoms. The maximum absolute atomic E-state index is 12.7. The van der Waals surface area contributed by atoms with E-state index >= 15 is 0 Å². The number of carbonyl (C=O) groups is 2. The lowest BCUT2D eigenvalue weighted by atomic mass is 10.2. The number of para-hydroxylation sites is 1. The van der Waals surface area contributed by atoms with Crippen LogP contribution in [0.15, 0.2) is 64.2 Å². The monoisotopic (exact) mass is 422 g/mol. The number of aromatic nitrogens is 2. The molecule has 8 heteroatoms. The molecule has 3 aromatic rings. The molecule has 31 heavy (non-hydrogen) atoms. The standard InChI is InChI=1S/C23H26N4O4/c1-3-25(15-17-10-6-5-7-11-17)21(29)14-24-20(28)16-27-19-13-9-8-12-18(19)22(30)26(4-2)23(27)31/h5-13H,3-4,14-16H2,1-2H3,(H,24,28). The number of carbonyl (C=O) groups excluding carboxylic acids is 2. The van der Waals surface area contributed by atoms with Gasteiger partial charge in [0.05, 0.1) is 17.4 Å². The Morgan fingerprint density at radius 1 is 0.935 bits per heavy atom. The van der Waals surface area contributed by atoms with Gasteiger partial charge in [0.15, 0.2) is 0 Å². The Labute approximate surface area is 179 Å². The van der Waals surface area contributed by atoms with Crippen molar-refractivity contribution >= 4 is 22.7 Å². The van der Waals surface area contributed by atoms with Crippen LogP contribution in [0.25, 0.3) is 10.9 Å². The third-order valence-electron chi connectivity index (χ3n) is 5.14. The fourth-order valence-electron chi connectivity index (χ4n) is 3.47. The van der Waals surface area contributed by atoms with E-state index in [2.05, 4.69) is 5.32 Å². The number of nitrogens with zero attached hydrogens (tertiary/aromatic N) is 3. The summed E-state index contributed by atoms with van der Waals surface area (Å²) in [5.74, 6) is -0.687. The Bertz CT molecular complexity index is 1200. The van der Waals surface area contributed by atoms with Gasteiger partial charge in [-0.15, -0.1) is 0 Å². The van der Waals surface area contributed by atoms with Crippen LogP contribution in [-0.2, 0) is 29.2 Å². The number of benzene rings is 2. The van der Waals surface area contributed by atoms with Crippen LogP contribution in [0.5, 0.6) is 0 Å². The van der Waals surface area contributed by atoms with Crippen LogP contribution in [0, 0.1) is 0 Å². The lowest BCUT2D eigenvalue weighted by Gasteiger charge is -2.21. The summed E-state index contributed by atoms with van der Waals surface area (Å²) in [6.45, 7) is 4.30. The van der Waals surface area contributed by atoms with Gasteiger partial charge in [-0.25, -0.2) is 4.79 Å². The number of hydrogen-bond acceptors (Lipinski definition) is 4. The van der Waals surface area contributed by atoms with Crippen molar-refractivity contribution < 1.29 is 9.59 Å². The number of fused-ring (bicyclic) bond motifs is 1. The topological polar surface area (TPSA) is 93.4 Å². The maximum atomic E-state index is 12.7. The Hall–Kier alpha value is -3.68. The molecule has 2 amide bonds. The Kier molecular flexibility index (Phi) is 7.02. The van der Waals surface area contributed by atoms with Crippen molar-refractivity contribution in [2.24, 2.45) is 0 Å².